The Bertz CT molecular complexity index is 671. The third-order valence-electron chi connectivity index (χ3n) is 3.74. The van der Waals surface area contributed by atoms with Gasteiger partial charge < -0.3 is 4.90 Å². The number of rotatable bonds is 2. The van der Waals surface area contributed by atoms with E-state index in [9.17, 15) is 4.79 Å². The summed E-state index contributed by atoms with van der Waals surface area (Å²) in [4.78, 5) is 14.2. The number of amides is 1. The van der Waals surface area contributed by atoms with Gasteiger partial charge in [-0.15, -0.1) is 0 Å². The summed E-state index contributed by atoms with van der Waals surface area (Å²) >= 11 is 0. The fraction of sp³-hybridized carbons (Fsp3) is 0.312. The predicted molar refractivity (Wildman–Crippen MR) is 77.8 cm³/mol. The minimum atomic E-state index is -0.0492. The van der Waals surface area contributed by atoms with Crippen LogP contribution in [0.15, 0.2) is 42.7 Å². The topological polar surface area (TPSA) is 61.9 Å². The van der Waals surface area contributed by atoms with Gasteiger partial charge >= 0.3 is 0 Å². The minimum absolute atomic E-state index is 0.0443. The molecule has 106 valence electrons. The summed E-state index contributed by atoms with van der Waals surface area (Å²) in [7, 11) is 0. The Kier molecular flexibility index (Phi) is 3.69. The van der Waals surface area contributed by atoms with E-state index in [4.69, 9.17) is 5.26 Å². The van der Waals surface area contributed by atoms with Crippen molar-refractivity contribution < 1.29 is 4.79 Å². The largest absolute Gasteiger partial charge is 0.337 e. The van der Waals surface area contributed by atoms with E-state index in [0.717, 1.165) is 18.5 Å². The summed E-state index contributed by atoms with van der Waals surface area (Å²) in [6.45, 7) is 1.24. The number of carbonyl (C=O) groups is 1. The Morgan fingerprint density at radius 3 is 2.90 bits per heavy atom. The number of hydrogen-bond acceptors (Lipinski definition) is 3. The molecule has 1 unspecified atom stereocenters. The lowest BCUT2D eigenvalue weighted by atomic mass is 9.99. The van der Waals surface area contributed by atoms with Crippen LogP contribution in [0, 0.1) is 17.2 Å². The first-order valence-electron chi connectivity index (χ1n) is 7.07. The molecular weight excluding hydrogens is 264 g/mol. The first-order valence-corrected chi connectivity index (χ1v) is 7.07. The molecule has 1 saturated heterocycles. The highest BCUT2D eigenvalue weighted by Crippen LogP contribution is 2.18. The monoisotopic (exact) mass is 280 g/mol. The molecule has 2 heterocycles. The molecule has 21 heavy (non-hydrogen) atoms. The van der Waals surface area contributed by atoms with Crippen LogP contribution in [0.2, 0.25) is 0 Å². The normalized spacial score (nSPS) is 18.2. The summed E-state index contributed by atoms with van der Waals surface area (Å²) in [5.74, 6) is -0.0935. The first-order chi connectivity index (χ1) is 10.3. The van der Waals surface area contributed by atoms with Gasteiger partial charge in [0.05, 0.1) is 29.4 Å². The second kappa shape index (κ2) is 5.80. The van der Waals surface area contributed by atoms with Crippen molar-refractivity contribution in [3.63, 3.8) is 0 Å². The SMILES string of the molecule is N#CC1CCCN(C(=O)c2cnn(-c3ccccc3)c2)C1. The van der Waals surface area contributed by atoms with Crippen molar-refractivity contribution in [3.8, 4) is 11.8 Å². The lowest BCUT2D eigenvalue weighted by Gasteiger charge is -2.29. The fourth-order valence-electron chi connectivity index (χ4n) is 2.60. The molecule has 5 nitrogen and oxygen atoms in total. The van der Waals surface area contributed by atoms with Gasteiger partial charge in [0.1, 0.15) is 0 Å². The lowest BCUT2D eigenvalue weighted by molar-refractivity contribution is 0.0699. The number of nitriles is 1. The molecule has 5 heteroatoms. The van der Waals surface area contributed by atoms with Crippen molar-refractivity contribution >= 4 is 5.91 Å². The Morgan fingerprint density at radius 2 is 2.14 bits per heavy atom. The zero-order chi connectivity index (χ0) is 14.7. The maximum atomic E-state index is 12.5. The summed E-state index contributed by atoms with van der Waals surface area (Å²) in [6.07, 6.45) is 5.10. The van der Waals surface area contributed by atoms with Crippen molar-refractivity contribution in [1.82, 2.24) is 14.7 Å². The maximum absolute atomic E-state index is 12.5. The molecule has 1 aliphatic heterocycles. The van der Waals surface area contributed by atoms with Crippen LogP contribution in [0.1, 0.15) is 23.2 Å². The first kappa shape index (κ1) is 13.4. The van der Waals surface area contributed by atoms with Gasteiger partial charge in [0.25, 0.3) is 5.91 Å². The van der Waals surface area contributed by atoms with Gasteiger partial charge in [-0.1, -0.05) is 18.2 Å². The number of aromatic nitrogens is 2. The highest BCUT2D eigenvalue weighted by atomic mass is 16.2. The molecule has 3 rings (SSSR count). The van der Waals surface area contributed by atoms with Crippen LogP contribution in [-0.4, -0.2) is 33.7 Å². The average molecular weight is 280 g/mol. The molecule has 1 aromatic carbocycles. The Balaban J connectivity index is 1.77. The number of piperidine rings is 1. The highest BCUT2D eigenvalue weighted by molar-refractivity contribution is 5.93. The van der Waals surface area contributed by atoms with Crippen molar-refractivity contribution in [1.29, 1.82) is 5.26 Å². The van der Waals surface area contributed by atoms with Crippen LogP contribution in [0.25, 0.3) is 5.69 Å². The number of benzene rings is 1. The van der Waals surface area contributed by atoms with E-state index in [-0.39, 0.29) is 11.8 Å². The van der Waals surface area contributed by atoms with E-state index >= 15 is 0 Å². The minimum Gasteiger partial charge on any atom is -0.337 e. The van der Waals surface area contributed by atoms with Crippen molar-refractivity contribution in [2.45, 2.75) is 12.8 Å². The quantitative estimate of drug-likeness (QED) is 0.847. The van der Waals surface area contributed by atoms with Gasteiger partial charge in [0.2, 0.25) is 0 Å². The number of hydrogen-bond donors (Lipinski definition) is 0. The van der Waals surface area contributed by atoms with E-state index < -0.39 is 0 Å². The van der Waals surface area contributed by atoms with E-state index in [1.807, 2.05) is 30.3 Å². The van der Waals surface area contributed by atoms with Gasteiger partial charge in [-0.3, -0.25) is 4.79 Å². The molecule has 2 aromatic rings. The number of carbonyl (C=O) groups excluding carboxylic acids is 1. The molecule has 0 saturated carbocycles. The van der Waals surface area contributed by atoms with Gasteiger partial charge in [0, 0.05) is 19.3 Å². The third kappa shape index (κ3) is 2.79. The highest BCUT2D eigenvalue weighted by Gasteiger charge is 2.25. The maximum Gasteiger partial charge on any atom is 0.257 e. The van der Waals surface area contributed by atoms with E-state index in [0.29, 0.717) is 18.7 Å². The van der Waals surface area contributed by atoms with Gasteiger partial charge in [-0.05, 0) is 25.0 Å². The number of likely N-dealkylation sites (tertiary alicyclic amines) is 1. The van der Waals surface area contributed by atoms with E-state index in [2.05, 4.69) is 11.2 Å². The molecule has 0 spiro atoms. The number of nitrogens with zero attached hydrogens (tertiary/aromatic N) is 4. The zero-order valence-electron chi connectivity index (χ0n) is 11.6. The van der Waals surface area contributed by atoms with E-state index in [1.165, 1.54) is 0 Å². The summed E-state index contributed by atoms with van der Waals surface area (Å²) < 4.78 is 1.69. The molecule has 1 amide bonds. The molecule has 0 N–H and O–H groups in total. The van der Waals surface area contributed by atoms with Crippen molar-refractivity contribution in [3.05, 3.63) is 48.3 Å². The number of para-hydroxylation sites is 1. The van der Waals surface area contributed by atoms with Gasteiger partial charge in [0.15, 0.2) is 0 Å². The molecule has 1 fully saturated rings. The summed E-state index contributed by atoms with van der Waals surface area (Å²) in [5, 5.41) is 13.3. The standard InChI is InChI=1S/C16H16N4O/c17-9-13-5-4-8-19(11-13)16(21)14-10-18-20(12-14)15-6-2-1-3-7-15/h1-3,6-7,10,12-13H,4-5,8,11H2. The summed E-state index contributed by atoms with van der Waals surface area (Å²) in [6, 6.07) is 11.9. The molecule has 1 aliphatic rings. The van der Waals surface area contributed by atoms with Crippen molar-refractivity contribution in [2.75, 3.05) is 13.1 Å². The van der Waals surface area contributed by atoms with Crippen LogP contribution in [0.3, 0.4) is 0 Å². The Hall–Kier alpha value is -2.61. The average Bonchev–Trinajstić information content (AvgIpc) is 3.05. The van der Waals surface area contributed by atoms with Crippen LogP contribution in [0.5, 0.6) is 0 Å². The molecular formula is C16H16N4O. The van der Waals surface area contributed by atoms with Crippen LogP contribution >= 0.6 is 0 Å². The van der Waals surface area contributed by atoms with Gasteiger partial charge in [-0.25, -0.2) is 4.68 Å². The zero-order valence-corrected chi connectivity index (χ0v) is 11.6. The molecule has 1 atom stereocenters. The predicted octanol–water partition coefficient (Wildman–Crippen LogP) is 2.25. The van der Waals surface area contributed by atoms with E-state index in [1.54, 1.807) is 22.0 Å². The lowest BCUT2D eigenvalue weighted by Crippen LogP contribution is -2.39. The third-order valence-corrected chi connectivity index (χ3v) is 3.74. The van der Waals surface area contributed by atoms with Crippen LogP contribution in [0.4, 0.5) is 0 Å². The molecule has 0 bridgehead atoms. The van der Waals surface area contributed by atoms with Crippen molar-refractivity contribution in [2.24, 2.45) is 5.92 Å². The molecule has 0 radical (unpaired) electrons. The van der Waals surface area contributed by atoms with Crippen LogP contribution < -0.4 is 0 Å². The second-order valence-corrected chi connectivity index (χ2v) is 5.23. The molecule has 1 aromatic heterocycles. The Morgan fingerprint density at radius 1 is 1.33 bits per heavy atom. The Labute approximate surface area is 123 Å². The van der Waals surface area contributed by atoms with Gasteiger partial charge in [-0.2, -0.15) is 10.4 Å². The fourth-order valence-corrected chi connectivity index (χ4v) is 2.60. The smallest absolute Gasteiger partial charge is 0.257 e. The molecule has 0 aliphatic carbocycles. The second-order valence-electron chi connectivity index (χ2n) is 5.23. The summed E-state index contributed by atoms with van der Waals surface area (Å²) in [5.41, 5.74) is 1.49. The van der Waals surface area contributed by atoms with Crippen LogP contribution in [-0.2, 0) is 0 Å².